The van der Waals surface area contributed by atoms with Gasteiger partial charge in [0.1, 0.15) is 0 Å². The minimum Gasteiger partial charge on any atom is -0.478 e. The number of rotatable bonds is 11. The molecular weight excluding hydrogens is 312 g/mol. The van der Waals surface area contributed by atoms with Crippen molar-refractivity contribution < 1.29 is 17.7 Å². The van der Waals surface area contributed by atoms with Crippen LogP contribution in [0.5, 0.6) is 5.88 Å². The van der Waals surface area contributed by atoms with Crippen molar-refractivity contribution in [3.05, 3.63) is 23.9 Å². The molecule has 0 saturated heterocycles. The molecule has 1 unspecified atom stereocenters. The van der Waals surface area contributed by atoms with Gasteiger partial charge in [-0.15, -0.1) is 0 Å². The molecule has 0 saturated carbocycles. The largest absolute Gasteiger partial charge is 0.478 e. The van der Waals surface area contributed by atoms with E-state index in [0.29, 0.717) is 19.0 Å². The van der Waals surface area contributed by atoms with Gasteiger partial charge in [0, 0.05) is 30.0 Å². The number of hydrogen-bond acceptors (Lipinski definition) is 6. The van der Waals surface area contributed by atoms with E-state index in [1.54, 1.807) is 6.20 Å². The Bertz CT molecular complexity index is 491. The Kier molecular flexibility index (Phi) is 8.70. The molecule has 0 aliphatic rings. The summed E-state index contributed by atoms with van der Waals surface area (Å²) in [5.41, 5.74) is 1.12. The maximum Gasteiger partial charge on any atom is 0.266 e. The van der Waals surface area contributed by atoms with Crippen LogP contribution in [0.2, 0.25) is 0 Å². The molecule has 0 aliphatic carbocycles. The minimum absolute atomic E-state index is 0.140. The van der Waals surface area contributed by atoms with E-state index in [9.17, 15) is 4.21 Å². The number of aryl methyl sites for hydroxylation is 1. The standard InChI is InChI=1S/C13H22N2O4S2/c1-12-5-6-13(15-11-12)18-9-4-2-3-7-14-8-10-19-21(16,17)20/h5-6,11,14H,2-4,7-10H2,1H3,(H,16,17,20). The second-order valence-electron chi connectivity index (χ2n) is 4.58. The Morgan fingerprint density at radius 3 is 2.76 bits per heavy atom. The number of pyridine rings is 1. The highest BCUT2D eigenvalue weighted by atomic mass is 32.9. The first-order chi connectivity index (χ1) is 9.97. The smallest absolute Gasteiger partial charge is 0.266 e. The number of nitrogens with zero attached hydrogens (tertiary/aromatic N) is 1. The average Bonchev–Trinajstić information content (AvgIpc) is 2.42. The lowest BCUT2D eigenvalue weighted by atomic mass is 10.2. The maximum atomic E-state index is 10.6. The molecule has 1 heterocycles. The molecule has 1 aromatic rings. The summed E-state index contributed by atoms with van der Waals surface area (Å²) < 4.78 is 29.4. The summed E-state index contributed by atoms with van der Waals surface area (Å²) in [6.07, 6.45) is 4.80. The Morgan fingerprint density at radius 2 is 2.10 bits per heavy atom. The van der Waals surface area contributed by atoms with Crippen LogP contribution in [0, 0.1) is 6.92 Å². The van der Waals surface area contributed by atoms with E-state index in [2.05, 4.69) is 25.7 Å². The Balaban J connectivity index is 1.90. The predicted molar refractivity (Wildman–Crippen MR) is 85.3 cm³/mol. The Morgan fingerprint density at radius 1 is 1.29 bits per heavy atom. The fourth-order valence-electron chi connectivity index (χ4n) is 1.59. The molecule has 1 atom stereocenters. The predicted octanol–water partition coefficient (Wildman–Crippen LogP) is 1.68. The number of hydrogen-bond donors (Lipinski definition) is 2. The zero-order valence-corrected chi connectivity index (χ0v) is 13.8. The van der Waals surface area contributed by atoms with E-state index in [-0.39, 0.29) is 6.61 Å². The third-order valence-electron chi connectivity index (χ3n) is 2.64. The highest BCUT2D eigenvalue weighted by Gasteiger charge is 1.98. The topological polar surface area (TPSA) is 80.7 Å². The molecule has 0 amide bonds. The third-order valence-corrected chi connectivity index (χ3v) is 3.40. The van der Waals surface area contributed by atoms with Crippen molar-refractivity contribution >= 4 is 20.2 Å². The molecule has 0 aromatic carbocycles. The van der Waals surface area contributed by atoms with E-state index in [1.807, 2.05) is 19.1 Å². The summed E-state index contributed by atoms with van der Waals surface area (Å²) in [4.78, 5) is 4.16. The van der Waals surface area contributed by atoms with E-state index >= 15 is 0 Å². The molecule has 21 heavy (non-hydrogen) atoms. The van der Waals surface area contributed by atoms with Crippen molar-refractivity contribution in [2.45, 2.75) is 26.2 Å². The first-order valence-corrected chi connectivity index (χ1v) is 9.22. The third kappa shape index (κ3) is 10.6. The van der Waals surface area contributed by atoms with Gasteiger partial charge < -0.3 is 10.1 Å². The molecule has 0 bridgehead atoms. The number of aromatic nitrogens is 1. The van der Waals surface area contributed by atoms with Crippen molar-refractivity contribution in [1.29, 1.82) is 0 Å². The molecule has 2 N–H and O–H groups in total. The summed E-state index contributed by atoms with van der Waals surface area (Å²) >= 11 is 4.20. The fourth-order valence-corrected chi connectivity index (χ4v) is 2.09. The summed E-state index contributed by atoms with van der Waals surface area (Å²) in [5.74, 6) is 0.660. The van der Waals surface area contributed by atoms with Gasteiger partial charge >= 0.3 is 0 Å². The van der Waals surface area contributed by atoms with Crippen LogP contribution in [0.4, 0.5) is 0 Å². The van der Waals surface area contributed by atoms with E-state index in [4.69, 9.17) is 9.29 Å². The second kappa shape index (κ2) is 10.0. The van der Waals surface area contributed by atoms with Crippen molar-refractivity contribution in [3.8, 4) is 5.88 Å². The lowest BCUT2D eigenvalue weighted by Gasteiger charge is -2.06. The van der Waals surface area contributed by atoms with Crippen molar-refractivity contribution in [2.24, 2.45) is 0 Å². The maximum absolute atomic E-state index is 10.6. The molecule has 120 valence electrons. The van der Waals surface area contributed by atoms with Crippen molar-refractivity contribution in [3.63, 3.8) is 0 Å². The van der Waals surface area contributed by atoms with Gasteiger partial charge in [-0.2, -0.15) is 4.21 Å². The van der Waals surface area contributed by atoms with E-state index in [1.165, 1.54) is 0 Å². The van der Waals surface area contributed by atoms with Gasteiger partial charge in [-0.05, 0) is 38.3 Å². The van der Waals surface area contributed by atoms with E-state index in [0.717, 1.165) is 31.4 Å². The Labute approximate surface area is 131 Å². The van der Waals surface area contributed by atoms with Crippen LogP contribution in [-0.4, -0.2) is 40.0 Å². The average molecular weight is 334 g/mol. The highest BCUT2D eigenvalue weighted by molar-refractivity contribution is 8.27. The fraction of sp³-hybridized carbons (Fsp3) is 0.615. The number of nitrogens with one attached hydrogen (secondary N) is 1. The van der Waals surface area contributed by atoms with Gasteiger partial charge in [0.2, 0.25) is 5.88 Å². The summed E-state index contributed by atoms with van der Waals surface area (Å²) in [7, 11) is -3.49. The van der Waals surface area contributed by atoms with Crippen molar-refractivity contribution in [1.82, 2.24) is 10.3 Å². The van der Waals surface area contributed by atoms with E-state index < -0.39 is 9.05 Å². The van der Waals surface area contributed by atoms with Gasteiger partial charge in [0.25, 0.3) is 9.05 Å². The molecule has 8 heteroatoms. The van der Waals surface area contributed by atoms with Crippen LogP contribution in [0.15, 0.2) is 18.3 Å². The van der Waals surface area contributed by atoms with Gasteiger partial charge in [-0.1, -0.05) is 6.07 Å². The van der Waals surface area contributed by atoms with Crippen molar-refractivity contribution in [2.75, 3.05) is 26.3 Å². The minimum atomic E-state index is -3.49. The Hall–Kier alpha value is -0.800. The SMILES string of the molecule is Cc1ccc(OCCCCCNCCOS(=O)(O)=S)nc1. The molecule has 1 aromatic heterocycles. The van der Waals surface area contributed by atoms with Crippen LogP contribution in [0.1, 0.15) is 24.8 Å². The zero-order chi connectivity index (χ0) is 15.6. The number of ether oxygens (including phenoxy) is 1. The first kappa shape index (κ1) is 18.2. The monoisotopic (exact) mass is 334 g/mol. The van der Waals surface area contributed by atoms with Crippen LogP contribution in [-0.2, 0) is 24.4 Å². The van der Waals surface area contributed by atoms with Crippen LogP contribution in [0.3, 0.4) is 0 Å². The molecule has 0 fully saturated rings. The molecule has 0 aliphatic heterocycles. The molecular formula is C13H22N2O4S2. The van der Waals surface area contributed by atoms with Gasteiger partial charge in [-0.3, -0.25) is 8.74 Å². The second-order valence-corrected chi connectivity index (χ2v) is 6.94. The molecule has 0 radical (unpaired) electrons. The molecule has 1 rings (SSSR count). The molecule has 0 spiro atoms. The summed E-state index contributed by atoms with van der Waals surface area (Å²) in [6, 6.07) is 3.84. The van der Waals surface area contributed by atoms with Gasteiger partial charge in [0.05, 0.1) is 13.2 Å². The normalized spacial score (nSPS) is 13.8. The lowest BCUT2D eigenvalue weighted by Crippen LogP contribution is -2.22. The van der Waals surface area contributed by atoms with Gasteiger partial charge in [0.15, 0.2) is 0 Å². The lowest BCUT2D eigenvalue weighted by molar-refractivity contribution is 0.290. The highest BCUT2D eigenvalue weighted by Crippen LogP contribution is 2.07. The van der Waals surface area contributed by atoms with Crippen LogP contribution in [0.25, 0.3) is 0 Å². The summed E-state index contributed by atoms with van der Waals surface area (Å²) in [6.45, 7) is 4.12. The first-order valence-electron chi connectivity index (χ1n) is 6.85. The number of unbranched alkanes of at least 4 members (excludes halogenated alkanes) is 2. The van der Waals surface area contributed by atoms with Crippen LogP contribution >= 0.6 is 0 Å². The molecule has 6 nitrogen and oxygen atoms in total. The summed E-state index contributed by atoms with van der Waals surface area (Å²) in [5, 5.41) is 3.11. The van der Waals surface area contributed by atoms with Crippen LogP contribution < -0.4 is 10.1 Å². The quantitative estimate of drug-likeness (QED) is 0.596. The van der Waals surface area contributed by atoms with Gasteiger partial charge in [-0.25, -0.2) is 4.98 Å². The zero-order valence-electron chi connectivity index (χ0n) is 12.1.